The molecule has 1 rings (SSSR count). The van der Waals surface area contributed by atoms with Crippen LogP contribution in [-0.2, 0) is 0 Å². The third-order valence-corrected chi connectivity index (χ3v) is 4.59. The van der Waals surface area contributed by atoms with Gasteiger partial charge in [-0.25, -0.2) is 0 Å². The van der Waals surface area contributed by atoms with Gasteiger partial charge in [-0.1, -0.05) is 0 Å². The van der Waals surface area contributed by atoms with Gasteiger partial charge in [0, 0.05) is 18.6 Å². The van der Waals surface area contributed by atoms with Crippen LogP contribution < -0.4 is 5.32 Å². The fraction of sp³-hybridized carbons (Fsp3) is 0.929. The monoisotopic (exact) mass is 252 g/mol. The maximum Gasteiger partial charge on any atom is 0.104 e. The molecule has 1 N–H and O–H groups in total. The van der Waals surface area contributed by atoms with Crippen LogP contribution in [0.1, 0.15) is 32.6 Å². The summed E-state index contributed by atoms with van der Waals surface area (Å²) in [4.78, 5) is 4.74. The summed E-state index contributed by atoms with van der Waals surface area (Å²) in [6.45, 7) is 4.03. The summed E-state index contributed by atoms with van der Waals surface area (Å²) in [5.74, 6) is 0. The van der Waals surface area contributed by atoms with Crippen LogP contribution in [0, 0.1) is 11.3 Å². The highest BCUT2D eigenvalue weighted by Crippen LogP contribution is 2.36. The smallest absolute Gasteiger partial charge is 0.104 e. The Morgan fingerprint density at radius 1 is 1.33 bits per heavy atom. The molecular formula is C14H28N4. The molecule has 1 saturated carbocycles. The van der Waals surface area contributed by atoms with Gasteiger partial charge in [0.05, 0.1) is 6.07 Å². The molecule has 0 aliphatic heterocycles. The number of hydrogen-bond acceptors (Lipinski definition) is 4. The van der Waals surface area contributed by atoms with E-state index in [-0.39, 0.29) is 0 Å². The van der Waals surface area contributed by atoms with Gasteiger partial charge < -0.3 is 15.1 Å². The quantitative estimate of drug-likeness (QED) is 0.741. The molecule has 1 aliphatic rings. The largest absolute Gasteiger partial charge is 0.304 e. The SMILES string of the molecule is CNC(C)(C#N)CCN(C)CC1(N(C)C)CCC1. The molecule has 4 nitrogen and oxygen atoms in total. The van der Waals surface area contributed by atoms with Crippen molar-refractivity contribution < 1.29 is 0 Å². The van der Waals surface area contributed by atoms with Crippen molar-refractivity contribution in [2.24, 2.45) is 0 Å². The second-order valence-corrected chi connectivity index (χ2v) is 6.15. The Balaban J connectivity index is 2.43. The summed E-state index contributed by atoms with van der Waals surface area (Å²) in [5, 5.41) is 12.2. The normalized spacial score (nSPS) is 21.4. The Bertz CT molecular complexity index is 303. The predicted molar refractivity (Wildman–Crippen MR) is 75.5 cm³/mol. The van der Waals surface area contributed by atoms with Gasteiger partial charge in [0.25, 0.3) is 0 Å². The maximum atomic E-state index is 9.14. The van der Waals surface area contributed by atoms with Crippen molar-refractivity contribution in [3.05, 3.63) is 0 Å². The van der Waals surface area contributed by atoms with E-state index in [1.54, 1.807) is 0 Å². The summed E-state index contributed by atoms with van der Waals surface area (Å²) in [5.41, 5.74) is -0.0312. The molecule has 0 aromatic heterocycles. The average molecular weight is 252 g/mol. The van der Waals surface area contributed by atoms with E-state index in [0.29, 0.717) is 5.54 Å². The highest BCUT2D eigenvalue weighted by atomic mass is 15.2. The summed E-state index contributed by atoms with van der Waals surface area (Å²) >= 11 is 0. The van der Waals surface area contributed by atoms with Gasteiger partial charge in [0.2, 0.25) is 0 Å². The topological polar surface area (TPSA) is 42.3 Å². The highest BCUT2D eigenvalue weighted by molar-refractivity contribution is 5.03. The zero-order valence-electron chi connectivity index (χ0n) is 12.6. The van der Waals surface area contributed by atoms with Gasteiger partial charge in [0.1, 0.15) is 5.54 Å². The highest BCUT2D eigenvalue weighted by Gasteiger charge is 2.39. The Morgan fingerprint density at radius 3 is 2.28 bits per heavy atom. The van der Waals surface area contributed by atoms with Gasteiger partial charge in [-0.05, 0) is 60.8 Å². The number of hydrogen-bond donors (Lipinski definition) is 1. The van der Waals surface area contributed by atoms with Crippen molar-refractivity contribution >= 4 is 0 Å². The van der Waals surface area contributed by atoms with Gasteiger partial charge in [-0.3, -0.25) is 0 Å². The minimum Gasteiger partial charge on any atom is -0.304 e. The minimum atomic E-state index is -0.404. The zero-order chi connectivity index (χ0) is 13.8. The Kier molecular flexibility index (Phi) is 5.15. The van der Waals surface area contributed by atoms with Crippen LogP contribution in [0.3, 0.4) is 0 Å². The van der Waals surface area contributed by atoms with E-state index in [4.69, 9.17) is 5.26 Å². The van der Waals surface area contributed by atoms with Crippen molar-refractivity contribution in [1.29, 1.82) is 5.26 Å². The number of nitriles is 1. The van der Waals surface area contributed by atoms with Gasteiger partial charge in [0.15, 0.2) is 0 Å². The van der Waals surface area contributed by atoms with E-state index < -0.39 is 5.54 Å². The van der Waals surface area contributed by atoms with Gasteiger partial charge in [-0.2, -0.15) is 5.26 Å². The van der Waals surface area contributed by atoms with E-state index >= 15 is 0 Å². The first-order chi connectivity index (χ1) is 8.37. The number of rotatable bonds is 7. The van der Waals surface area contributed by atoms with E-state index in [2.05, 4.69) is 42.3 Å². The van der Waals surface area contributed by atoms with Crippen molar-refractivity contribution in [2.45, 2.75) is 43.7 Å². The van der Waals surface area contributed by atoms with Crippen molar-refractivity contribution in [2.75, 3.05) is 41.3 Å². The molecule has 1 atom stereocenters. The molecule has 18 heavy (non-hydrogen) atoms. The van der Waals surface area contributed by atoms with E-state index in [1.165, 1.54) is 19.3 Å². The second-order valence-electron chi connectivity index (χ2n) is 6.15. The van der Waals surface area contributed by atoms with Crippen LogP contribution in [0.4, 0.5) is 0 Å². The molecule has 0 heterocycles. The van der Waals surface area contributed by atoms with E-state index in [9.17, 15) is 0 Å². The van der Waals surface area contributed by atoms with Crippen LogP contribution >= 0.6 is 0 Å². The van der Waals surface area contributed by atoms with Crippen molar-refractivity contribution in [3.63, 3.8) is 0 Å². The summed E-state index contributed by atoms with van der Waals surface area (Å²) in [6.07, 6.45) is 4.80. The molecule has 4 heteroatoms. The van der Waals surface area contributed by atoms with Crippen LogP contribution in [0.2, 0.25) is 0 Å². The first-order valence-corrected chi connectivity index (χ1v) is 6.84. The second kappa shape index (κ2) is 6.01. The molecule has 0 saturated heterocycles. The Morgan fingerprint density at radius 2 is 1.94 bits per heavy atom. The molecule has 0 aromatic rings. The predicted octanol–water partition coefficient (Wildman–Crippen LogP) is 1.29. The maximum absolute atomic E-state index is 9.14. The van der Waals surface area contributed by atoms with E-state index in [0.717, 1.165) is 19.5 Å². The molecule has 0 bridgehead atoms. The summed E-state index contributed by atoms with van der Waals surface area (Å²) in [6, 6.07) is 2.35. The molecule has 0 amide bonds. The van der Waals surface area contributed by atoms with Crippen molar-refractivity contribution in [1.82, 2.24) is 15.1 Å². The Labute approximate surface area is 112 Å². The van der Waals surface area contributed by atoms with Crippen LogP contribution in [-0.4, -0.2) is 62.2 Å². The number of likely N-dealkylation sites (N-methyl/N-ethyl adjacent to an activating group) is 2. The molecule has 1 fully saturated rings. The summed E-state index contributed by atoms with van der Waals surface area (Å²) < 4.78 is 0. The lowest BCUT2D eigenvalue weighted by molar-refractivity contribution is 0.0266. The Hall–Kier alpha value is -0.630. The van der Waals surface area contributed by atoms with Gasteiger partial charge in [-0.15, -0.1) is 0 Å². The number of nitrogens with one attached hydrogen (secondary N) is 1. The number of nitrogens with zero attached hydrogens (tertiary/aromatic N) is 3. The third kappa shape index (κ3) is 3.44. The molecule has 0 spiro atoms. The standard InChI is InChI=1S/C14H28N4/c1-13(11-15,16-2)9-10-18(5)12-14(17(3)4)7-6-8-14/h16H,6-10,12H2,1-5H3. The molecule has 104 valence electrons. The van der Waals surface area contributed by atoms with Gasteiger partial charge >= 0.3 is 0 Å². The molecule has 1 aliphatic carbocycles. The van der Waals surface area contributed by atoms with Crippen LogP contribution in [0.15, 0.2) is 0 Å². The lowest BCUT2D eigenvalue weighted by atomic mass is 9.75. The van der Waals surface area contributed by atoms with Crippen LogP contribution in [0.5, 0.6) is 0 Å². The fourth-order valence-electron chi connectivity index (χ4n) is 2.56. The lowest BCUT2D eigenvalue weighted by Gasteiger charge is -2.49. The average Bonchev–Trinajstić information content (AvgIpc) is 2.30. The fourth-order valence-corrected chi connectivity index (χ4v) is 2.56. The lowest BCUT2D eigenvalue weighted by Crippen LogP contribution is -2.57. The molecular weight excluding hydrogens is 224 g/mol. The minimum absolute atomic E-state index is 0.372. The molecule has 0 radical (unpaired) electrons. The zero-order valence-corrected chi connectivity index (χ0v) is 12.6. The van der Waals surface area contributed by atoms with E-state index in [1.807, 2.05) is 14.0 Å². The van der Waals surface area contributed by atoms with Crippen LogP contribution in [0.25, 0.3) is 0 Å². The first-order valence-electron chi connectivity index (χ1n) is 6.84. The van der Waals surface area contributed by atoms with Crippen molar-refractivity contribution in [3.8, 4) is 6.07 Å². The first kappa shape index (κ1) is 15.4. The third-order valence-electron chi connectivity index (χ3n) is 4.59. The summed E-state index contributed by atoms with van der Waals surface area (Å²) in [7, 11) is 8.38. The molecule has 0 aromatic carbocycles. The molecule has 1 unspecified atom stereocenters.